The molecule has 4 atom stereocenters. The lowest BCUT2D eigenvalue weighted by Gasteiger charge is -2.50. The normalized spacial score (nSPS) is 27.2. The molecule has 1 aromatic heterocycles. The van der Waals surface area contributed by atoms with Crippen molar-refractivity contribution >= 4 is 45.8 Å². The highest BCUT2D eigenvalue weighted by Gasteiger charge is 2.64. The van der Waals surface area contributed by atoms with Crippen LogP contribution < -0.4 is 5.73 Å². The molecule has 0 spiro atoms. The number of halogens is 1. The highest BCUT2D eigenvalue weighted by Crippen LogP contribution is 2.53. The van der Waals surface area contributed by atoms with E-state index in [1.165, 1.54) is 11.0 Å². The second kappa shape index (κ2) is 8.64. The zero-order valence-corrected chi connectivity index (χ0v) is 22.1. The number of rotatable bonds is 3. The van der Waals surface area contributed by atoms with Crippen molar-refractivity contribution < 1.29 is 34.8 Å². The zero-order chi connectivity index (χ0) is 27.0. The third-order valence-electron chi connectivity index (χ3n) is 7.67. The molecule has 1 amide bonds. The molecule has 6 N–H and O–H groups in total. The van der Waals surface area contributed by atoms with Crippen molar-refractivity contribution in [2.45, 2.75) is 24.5 Å². The van der Waals surface area contributed by atoms with Gasteiger partial charge in [-0.05, 0) is 84.3 Å². The van der Waals surface area contributed by atoms with Crippen LogP contribution >= 0.6 is 22.6 Å². The van der Waals surface area contributed by atoms with E-state index < -0.39 is 58.0 Å². The minimum Gasteiger partial charge on any atom is -0.508 e. The number of ketones is 2. The van der Waals surface area contributed by atoms with E-state index >= 15 is 0 Å². The number of Topliss-reactive ketones (excluding diaryl/α,β-unsaturated/α-hetero) is 2. The summed E-state index contributed by atoms with van der Waals surface area (Å²) in [6, 6.07) is 3.83. The van der Waals surface area contributed by atoms with Crippen molar-refractivity contribution in [2.24, 2.45) is 17.6 Å². The van der Waals surface area contributed by atoms with Crippen LogP contribution in [0.3, 0.4) is 0 Å². The first-order chi connectivity index (χ1) is 17.4. The summed E-state index contributed by atoms with van der Waals surface area (Å²) in [5, 5.41) is 44.6. The summed E-state index contributed by atoms with van der Waals surface area (Å²) >= 11 is 2.14. The third-order valence-corrected chi connectivity index (χ3v) is 8.53. The molecule has 2 aromatic rings. The van der Waals surface area contributed by atoms with E-state index in [2.05, 4.69) is 27.6 Å². The number of aliphatic hydroxyl groups is 3. The van der Waals surface area contributed by atoms with Crippen molar-refractivity contribution in [2.75, 3.05) is 14.1 Å². The highest BCUT2D eigenvalue weighted by atomic mass is 127. The van der Waals surface area contributed by atoms with Crippen molar-refractivity contribution in [1.29, 1.82) is 0 Å². The Bertz CT molecular complexity index is 1460. The number of nitrogens with two attached hydrogens (primary N) is 1. The van der Waals surface area contributed by atoms with Gasteiger partial charge in [0.25, 0.3) is 5.91 Å². The predicted octanol–water partition coefficient (Wildman–Crippen LogP) is 1.63. The molecule has 192 valence electrons. The molecule has 3 aliphatic rings. The lowest BCUT2D eigenvalue weighted by atomic mass is 9.57. The van der Waals surface area contributed by atoms with Crippen LogP contribution in [0.15, 0.2) is 47.5 Å². The first-order valence-electron chi connectivity index (χ1n) is 11.5. The van der Waals surface area contributed by atoms with Gasteiger partial charge in [0.05, 0.1) is 11.6 Å². The van der Waals surface area contributed by atoms with Gasteiger partial charge in [-0.25, -0.2) is 0 Å². The quantitative estimate of drug-likeness (QED) is 0.253. The number of hydrogen-bond donors (Lipinski definition) is 5. The van der Waals surface area contributed by atoms with Gasteiger partial charge in [0.15, 0.2) is 11.4 Å². The van der Waals surface area contributed by atoms with E-state index in [-0.39, 0.29) is 29.7 Å². The molecule has 1 aromatic carbocycles. The van der Waals surface area contributed by atoms with Crippen molar-refractivity contribution in [3.8, 4) is 16.9 Å². The first kappa shape index (κ1) is 25.4. The van der Waals surface area contributed by atoms with Gasteiger partial charge in [-0.2, -0.15) is 0 Å². The number of phenolic OH excluding ortho intramolecular Hbond substituents is 1. The lowest BCUT2D eigenvalue weighted by molar-refractivity contribution is -0.153. The van der Waals surface area contributed by atoms with Gasteiger partial charge in [0.2, 0.25) is 5.78 Å². The number of benzene rings is 1. The van der Waals surface area contributed by atoms with E-state index in [1.54, 1.807) is 32.6 Å². The summed E-state index contributed by atoms with van der Waals surface area (Å²) in [5.41, 5.74) is 3.91. The van der Waals surface area contributed by atoms with Gasteiger partial charge in [-0.1, -0.05) is 6.07 Å². The standard InChI is InChI=1S/C26H24IN3O7/c1-30(2)20-14-8-10-7-13-11(12-5-6-29-9-15(12)27)3-4-16(31)18(13)21(32)17(10)23(34)26(14,37)24(35)19(22(20)33)25(28)36/h3-6,9-10,14,20,31-32,35,37H,7-8H2,1-2H3,(H2,28,36)/t10-,14-,20-,26-/m0/s1. The fraction of sp³-hybridized carbons (Fsp3) is 0.308. The summed E-state index contributed by atoms with van der Waals surface area (Å²) in [7, 11) is 3.13. The van der Waals surface area contributed by atoms with Crippen LogP contribution in [0.4, 0.5) is 0 Å². The maximum Gasteiger partial charge on any atom is 0.255 e. The molecular formula is C26H24IN3O7. The molecule has 11 heteroatoms. The summed E-state index contributed by atoms with van der Waals surface area (Å²) in [6.07, 6.45) is 3.57. The molecule has 1 fully saturated rings. The number of nitrogens with zero attached hydrogens (tertiary/aromatic N) is 2. The van der Waals surface area contributed by atoms with Crippen LogP contribution in [0.2, 0.25) is 0 Å². The number of carbonyl (C=O) groups is 3. The molecule has 0 bridgehead atoms. The zero-order valence-electron chi connectivity index (χ0n) is 19.9. The number of pyridine rings is 1. The van der Waals surface area contributed by atoms with Gasteiger partial charge in [0, 0.05) is 27.5 Å². The molecule has 37 heavy (non-hydrogen) atoms. The predicted molar refractivity (Wildman–Crippen MR) is 140 cm³/mol. The average Bonchev–Trinajstić information content (AvgIpc) is 2.82. The second-order valence-electron chi connectivity index (χ2n) is 9.80. The molecule has 0 unspecified atom stereocenters. The molecule has 0 saturated heterocycles. The van der Waals surface area contributed by atoms with Crippen LogP contribution in [0.1, 0.15) is 17.5 Å². The monoisotopic (exact) mass is 617 g/mol. The van der Waals surface area contributed by atoms with Crippen LogP contribution in [0.5, 0.6) is 5.75 Å². The van der Waals surface area contributed by atoms with Gasteiger partial charge < -0.3 is 26.2 Å². The van der Waals surface area contributed by atoms with E-state index in [9.17, 15) is 34.8 Å². The Balaban J connectivity index is 1.76. The number of phenols is 1. The number of aliphatic hydroxyl groups excluding tert-OH is 2. The van der Waals surface area contributed by atoms with Crippen LogP contribution in [0.25, 0.3) is 16.9 Å². The van der Waals surface area contributed by atoms with Crippen molar-refractivity contribution in [1.82, 2.24) is 9.88 Å². The molecule has 3 aliphatic carbocycles. The SMILES string of the molecule is CN(C)[C@@H]1C(=O)C(C(N)=O)=C(O)[C@@]2(O)C(=O)C3=C(O)c4c(O)ccc(-c5ccncc5I)c4C[C@H]3C[C@@H]12. The van der Waals surface area contributed by atoms with E-state index in [1.807, 2.05) is 6.07 Å². The fourth-order valence-electron chi connectivity index (χ4n) is 6.09. The number of hydrogen-bond acceptors (Lipinski definition) is 9. The van der Waals surface area contributed by atoms with Gasteiger partial charge in [-0.15, -0.1) is 0 Å². The number of aromatic hydroxyl groups is 1. The molecule has 10 nitrogen and oxygen atoms in total. The van der Waals surface area contributed by atoms with Crippen LogP contribution in [0, 0.1) is 15.4 Å². The van der Waals surface area contributed by atoms with E-state index in [0.29, 0.717) is 5.56 Å². The minimum absolute atomic E-state index is 0.0360. The Morgan fingerprint density at radius 3 is 2.49 bits per heavy atom. The molecule has 0 radical (unpaired) electrons. The number of aromatic nitrogens is 1. The van der Waals surface area contributed by atoms with Crippen LogP contribution in [-0.2, 0) is 20.8 Å². The van der Waals surface area contributed by atoms with E-state index in [4.69, 9.17) is 5.73 Å². The Hall–Kier alpha value is -3.29. The van der Waals surface area contributed by atoms with Crippen molar-refractivity contribution in [3.05, 3.63) is 62.2 Å². The number of carbonyl (C=O) groups excluding carboxylic acids is 3. The summed E-state index contributed by atoms with van der Waals surface area (Å²) < 4.78 is 0.843. The maximum atomic E-state index is 13.9. The van der Waals surface area contributed by atoms with E-state index in [0.717, 1.165) is 14.7 Å². The molecule has 5 rings (SSSR count). The highest BCUT2D eigenvalue weighted by molar-refractivity contribution is 14.1. The Kier molecular flexibility index (Phi) is 5.92. The molecule has 1 heterocycles. The number of likely N-dealkylation sites (N-methyl/N-ethyl adjacent to an activating group) is 1. The second-order valence-corrected chi connectivity index (χ2v) is 11.0. The summed E-state index contributed by atoms with van der Waals surface area (Å²) in [4.78, 5) is 44.7. The molecule has 1 saturated carbocycles. The first-order valence-corrected chi connectivity index (χ1v) is 12.6. The minimum atomic E-state index is -2.65. The van der Waals surface area contributed by atoms with Crippen LogP contribution in [-0.4, -0.2) is 73.5 Å². The summed E-state index contributed by atoms with van der Waals surface area (Å²) in [5.74, 6) is -6.71. The maximum absolute atomic E-state index is 13.9. The number of amides is 1. The summed E-state index contributed by atoms with van der Waals surface area (Å²) in [6.45, 7) is 0. The van der Waals surface area contributed by atoms with Gasteiger partial charge in [-0.3, -0.25) is 24.3 Å². The number of primary amides is 1. The fourth-order valence-corrected chi connectivity index (χ4v) is 6.72. The molecular weight excluding hydrogens is 593 g/mol. The Morgan fingerprint density at radius 1 is 1.16 bits per heavy atom. The Morgan fingerprint density at radius 2 is 1.86 bits per heavy atom. The third kappa shape index (κ3) is 3.44. The van der Waals surface area contributed by atoms with Crippen molar-refractivity contribution in [3.63, 3.8) is 0 Å². The lowest BCUT2D eigenvalue weighted by Crippen LogP contribution is -2.65. The topological polar surface area (TPSA) is 174 Å². The number of fused-ring (bicyclic) bond motifs is 3. The smallest absolute Gasteiger partial charge is 0.255 e. The van der Waals surface area contributed by atoms with Gasteiger partial charge >= 0.3 is 0 Å². The Labute approximate surface area is 225 Å². The van der Waals surface area contributed by atoms with Gasteiger partial charge in [0.1, 0.15) is 22.8 Å². The molecule has 0 aliphatic heterocycles. The largest absolute Gasteiger partial charge is 0.508 e. The average molecular weight is 617 g/mol.